The highest BCUT2D eigenvalue weighted by molar-refractivity contribution is 5.72. The molecule has 0 rings (SSSR count). The second-order valence-corrected chi connectivity index (χ2v) is 3.58. The Bertz CT molecular complexity index is 156. The molecule has 0 unspecified atom stereocenters. The van der Waals surface area contributed by atoms with Gasteiger partial charge in [-0.2, -0.15) is 0 Å². The average molecular weight is 202 g/mol. The first-order valence-electron chi connectivity index (χ1n) is 5.32. The summed E-state index contributed by atoms with van der Waals surface area (Å²) in [6.07, 6.45) is 2.74. The third-order valence-electron chi connectivity index (χ3n) is 2.15. The molecule has 0 aromatic carbocycles. The van der Waals surface area contributed by atoms with Crippen molar-refractivity contribution in [3.05, 3.63) is 0 Å². The molecule has 0 aliphatic heterocycles. The number of carboxylic acid groups (broad SMARTS) is 1. The van der Waals surface area contributed by atoms with E-state index in [1.807, 2.05) is 0 Å². The predicted molar refractivity (Wildman–Crippen MR) is 57.3 cm³/mol. The monoisotopic (exact) mass is 202 g/mol. The molecule has 0 aliphatic rings. The fourth-order valence-electron chi connectivity index (χ4n) is 1.41. The lowest BCUT2D eigenvalue weighted by atomic mass is 10.2. The Balaban J connectivity index is 3.74. The van der Waals surface area contributed by atoms with Gasteiger partial charge in [0.1, 0.15) is 6.04 Å². The molecule has 14 heavy (non-hydrogen) atoms. The number of hydrogen-bond acceptors (Lipinski definition) is 3. The first-order chi connectivity index (χ1) is 6.61. The zero-order valence-corrected chi connectivity index (χ0v) is 9.20. The van der Waals surface area contributed by atoms with Gasteiger partial charge in [0, 0.05) is 6.54 Å². The molecule has 4 nitrogen and oxygen atoms in total. The molecule has 0 saturated heterocycles. The Hall–Kier alpha value is -0.610. The van der Waals surface area contributed by atoms with E-state index in [-0.39, 0.29) is 0 Å². The third-order valence-corrected chi connectivity index (χ3v) is 2.15. The van der Waals surface area contributed by atoms with E-state index in [1.54, 1.807) is 0 Å². The Morgan fingerprint density at radius 2 is 1.79 bits per heavy atom. The van der Waals surface area contributed by atoms with Crippen LogP contribution in [0.1, 0.15) is 33.1 Å². The second-order valence-electron chi connectivity index (χ2n) is 3.58. The first kappa shape index (κ1) is 13.4. The lowest BCUT2D eigenvalue weighted by Gasteiger charge is -2.21. The molecule has 0 aliphatic carbocycles. The molecule has 4 heteroatoms. The largest absolute Gasteiger partial charge is 0.480 e. The van der Waals surface area contributed by atoms with Crippen LogP contribution in [-0.4, -0.2) is 41.7 Å². The van der Waals surface area contributed by atoms with E-state index in [2.05, 4.69) is 18.7 Å². The molecule has 0 fully saturated rings. The van der Waals surface area contributed by atoms with Crippen molar-refractivity contribution in [3.8, 4) is 0 Å². The van der Waals surface area contributed by atoms with Crippen molar-refractivity contribution in [2.75, 3.05) is 19.6 Å². The molecule has 0 spiro atoms. The van der Waals surface area contributed by atoms with Crippen molar-refractivity contribution in [2.45, 2.75) is 39.2 Å². The normalized spacial score (nSPS) is 13.1. The van der Waals surface area contributed by atoms with Gasteiger partial charge < -0.3 is 15.7 Å². The van der Waals surface area contributed by atoms with Gasteiger partial charge in [0.05, 0.1) is 0 Å². The fraction of sp³-hybridized carbons (Fsp3) is 0.900. The summed E-state index contributed by atoms with van der Waals surface area (Å²) in [5, 5.41) is 8.61. The molecule has 0 radical (unpaired) electrons. The number of carboxylic acids is 1. The molecular formula is C10H22N2O2. The van der Waals surface area contributed by atoms with Gasteiger partial charge in [-0.15, -0.1) is 0 Å². The zero-order valence-electron chi connectivity index (χ0n) is 9.20. The van der Waals surface area contributed by atoms with E-state index in [4.69, 9.17) is 10.8 Å². The SMILES string of the molecule is CCCN(CCC)CC[C@@H](N)C(=O)O. The van der Waals surface area contributed by atoms with Crippen LogP contribution >= 0.6 is 0 Å². The number of aliphatic carboxylic acids is 1. The number of carbonyl (C=O) groups is 1. The Morgan fingerprint density at radius 1 is 1.29 bits per heavy atom. The Morgan fingerprint density at radius 3 is 2.14 bits per heavy atom. The standard InChI is InChI=1S/C10H22N2O2/c1-3-6-12(7-4-2)8-5-9(11)10(13)14/h9H,3-8,11H2,1-2H3,(H,13,14)/t9-/m1/s1. The van der Waals surface area contributed by atoms with Crippen LogP contribution in [0.2, 0.25) is 0 Å². The van der Waals surface area contributed by atoms with E-state index >= 15 is 0 Å². The summed E-state index contributed by atoms with van der Waals surface area (Å²) in [4.78, 5) is 12.8. The van der Waals surface area contributed by atoms with E-state index in [0.29, 0.717) is 6.42 Å². The quantitative estimate of drug-likeness (QED) is 0.614. The maximum absolute atomic E-state index is 10.5. The van der Waals surface area contributed by atoms with Gasteiger partial charge in [-0.1, -0.05) is 13.8 Å². The van der Waals surface area contributed by atoms with Crippen LogP contribution in [0.15, 0.2) is 0 Å². The maximum Gasteiger partial charge on any atom is 0.320 e. The van der Waals surface area contributed by atoms with Crippen LogP contribution in [0, 0.1) is 0 Å². The van der Waals surface area contributed by atoms with Gasteiger partial charge in [-0.05, 0) is 32.4 Å². The molecule has 0 amide bonds. The molecule has 0 aromatic rings. The summed E-state index contributed by atoms with van der Waals surface area (Å²) in [5.41, 5.74) is 5.43. The van der Waals surface area contributed by atoms with Gasteiger partial charge in [0.15, 0.2) is 0 Å². The molecule has 84 valence electrons. The summed E-state index contributed by atoms with van der Waals surface area (Å²) in [6.45, 7) is 7.09. The lowest BCUT2D eigenvalue weighted by Crippen LogP contribution is -2.36. The van der Waals surface area contributed by atoms with Crippen LogP contribution in [-0.2, 0) is 4.79 Å². The van der Waals surface area contributed by atoms with Crippen molar-refractivity contribution in [1.29, 1.82) is 0 Å². The van der Waals surface area contributed by atoms with Gasteiger partial charge in [0.25, 0.3) is 0 Å². The van der Waals surface area contributed by atoms with Crippen LogP contribution in [0.25, 0.3) is 0 Å². The van der Waals surface area contributed by atoms with Gasteiger partial charge >= 0.3 is 5.97 Å². The predicted octanol–water partition coefficient (Wildman–Crippen LogP) is 0.910. The summed E-state index contributed by atoms with van der Waals surface area (Å²) >= 11 is 0. The van der Waals surface area contributed by atoms with Gasteiger partial charge in [0.2, 0.25) is 0 Å². The Kier molecular flexibility index (Phi) is 7.42. The highest BCUT2D eigenvalue weighted by Crippen LogP contribution is 1.98. The van der Waals surface area contributed by atoms with Crippen LogP contribution in [0.5, 0.6) is 0 Å². The van der Waals surface area contributed by atoms with Crippen molar-refractivity contribution in [1.82, 2.24) is 4.90 Å². The highest BCUT2D eigenvalue weighted by atomic mass is 16.4. The van der Waals surface area contributed by atoms with E-state index in [0.717, 1.165) is 32.5 Å². The zero-order chi connectivity index (χ0) is 11.0. The smallest absolute Gasteiger partial charge is 0.320 e. The molecule has 0 bridgehead atoms. The van der Waals surface area contributed by atoms with E-state index < -0.39 is 12.0 Å². The number of nitrogens with two attached hydrogens (primary N) is 1. The number of rotatable bonds is 8. The third kappa shape index (κ3) is 5.94. The van der Waals surface area contributed by atoms with Crippen LogP contribution in [0.3, 0.4) is 0 Å². The van der Waals surface area contributed by atoms with Crippen molar-refractivity contribution < 1.29 is 9.90 Å². The summed E-state index contributed by atoms with van der Waals surface area (Å²) in [7, 11) is 0. The minimum Gasteiger partial charge on any atom is -0.480 e. The van der Waals surface area contributed by atoms with Gasteiger partial charge in [-0.3, -0.25) is 4.79 Å². The second kappa shape index (κ2) is 7.76. The molecular weight excluding hydrogens is 180 g/mol. The van der Waals surface area contributed by atoms with E-state index in [9.17, 15) is 4.79 Å². The summed E-state index contributed by atoms with van der Waals surface area (Å²) in [5.74, 6) is -0.905. The maximum atomic E-state index is 10.5. The fourth-order valence-corrected chi connectivity index (χ4v) is 1.41. The molecule has 0 heterocycles. The van der Waals surface area contributed by atoms with Crippen LogP contribution < -0.4 is 5.73 Å². The molecule has 3 N–H and O–H groups in total. The van der Waals surface area contributed by atoms with Gasteiger partial charge in [-0.25, -0.2) is 0 Å². The minimum absolute atomic E-state index is 0.537. The van der Waals surface area contributed by atoms with E-state index in [1.165, 1.54) is 0 Å². The molecule has 1 atom stereocenters. The molecule has 0 aromatic heterocycles. The van der Waals surface area contributed by atoms with Crippen LogP contribution in [0.4, 0.5) is 0 Å². The van der Waals surface area contributed by atoms with Crippen molar-refractivity contribution in [3.63, 3.8) is 0 Å². The topological polar surface area (TPSA) is 66.6 Å². The Labute approximate surface area is 86.1 Å². The summed E-state index contributed by atoms with van der Waals surface area (Å²) < 4.78 is 0. The number of hydrogen-bond donors (Lipinski definition) is 2. The first-order valence-corrected chi connectivity index (χ1v) is 5.32. The summed E-state index contributed by atoms with van der Waals surface area (Å²) in [6, 6.07) is -0.716. The highest BCUT2D eigenvalue weighted by Gasteiger charge is 2.12. The van der Waals surface area contributed by atoms with Crippen molar-refractivity contribution >= 4 is 5.97 Å². The minimum atomic E-state index is -0.905. The molecule has 0 saturated carbocycles. The average Bonchev–Trinajstić information content (AvgIpc) is 2.14. The van der Waals surface area contributed by atoms with Crippen molar-refractivity contribution in [2.24, 2.45) is 5.73 Å². The number of nitrogens with zero attached hydrogens (tertiary/aromatic N) is 1. The lowest BCUT2D eigenvalue weighted by molar-refractivity contribution is -0.138.